The molecule has 0 amide bonds. The van der Waals surface area contributed by atoms with Crippen molar-refractivity contribution in [3.63, 3.8) is 0 Å². The largest absolute Gasteiger partial charge is 0.256 e. The van der Waals surface area contributed by atoms with Crippen LogP contribution < -0.4 is 0 Å². The fraction of sp³-hybridized carbons (Fsp3) is 0. The molecule has 2 heteroatoms. The first-order valence-corrected chi connectivity index (χ1v) is 19.9. The molecule has 2 aromatic heterocycles. The molecule has 2 nitrogen and oxygen atoms in total. The van der Waals surface area contributed by atoms with Crippen molar-refractivity contribution in [3.8, 4) is 44.6 Å². The predicted octanol–water partition coefficient (Wildman–Crippen LogP) is 15.2. The van der Waals surface area contributed by atoms with Crippen molar-refractivity contribution in [1.82, 2.24) is 9.97 Å². The molecule has 0 atom stereocenters. The molecule has 0 N–H and O–H groups in total. The summed E-state index contributed by atoms with van der Waals surface area (Å²) in [5.74, 6) is 0. The van der Waals surface area contributed by atoms with E-state index in [-0.39, 0.29) is 0 Å². The van der Waals surface area contributed by atoms with Crippen molar-refractivity contribution in [2.75, 3.05) is 0 Å². The van der Waals surface area contributed by atoms with Crippen LogP contribution in [0.25, 0.3) is 120 Å². The SMILES string of the molecule is c1cnc2c(-c3ccc(-c4cc5c(-c6cc7ccccc7c7ccccc67)cc(-c6cc7ccccc7c7ccccc67)nc5c5ccccc45)cc3)cccc2c1. The van der Waals surface area contributed by atoms with Crippen LogP contribution in [0.1, 0.15) is 0 Å². The van der Waals surface area contributed by atoms with Gasteiger partial charge in [0, 0.05) is 33.5 Å². The molecule has 0 aliphatic heterocycles. The first-order valence-electron chi connectivity index (χ1n) is 19.9. The summed E-state index contributed by atoms with van der Waals surface area (Å²) in [5, 5.41) is 14.4. The quantitative estimate of drug-likeness (QED) is 0.168. The second-order valence-electron chi connectivity index (χ2n) is 15.3. The molecular weight excluding hydrogens is 701 g/mol. The van der Waals surface area contributed by atoms with Gasteiger partial charge >= 0.3 is 0 Å². The van der Waals surface area contributed by atoms with E-state index in [2.05, 4.69) is 194 Å². The number of hydrogen-bond acceptors (Lipinski definition) is 2. The molecule has 0 saturated heterocycles. The first kappa shape index (κ1) is 32.6. The third-order valence-corrected chi connectivity index (χ3v) is 12.1. The molecule has 0 fully saturated rings. The molecule has 0 aliphatic carbocycles. The second kappa shape index (κ2) is 12.9. The normalized spacial score (nSPS) is 11.8. The predicted molar refractivity (Wildman–Crippen MR) is 246 cm³/mol. The third kappa shape index (κ3) is 5.05. The van der Waals surface area contributed by atoms with Gasteiger partial charge in [-0.1, -0.05) is 170 Å². The topological polar surface area (TPSA) is 25.8 Å². The fourth-order valence-corrected chi connectivity index (χ4v) is 9.36. The number of hydrogen-bond donors (Lipinski definition) is 0. The van der Waals surface area contributed by atoms with Gasteiger partial charge in [-0.3, -0.25) is 4.98 Å². The van der Waals surface area contributed by atoms with Gasteiger partial charge in [0.15, 0.2) is 0 Å². The van der Waals surface area contributed by atoms with Gasteiger partial charge in [0.25, 0.3) is 0 Å². The molecule has 0 radical (unpaired) electrons. The fourth-order valence-electron chi connectivity index (χ4n) is 9.36. The number of benzene rings is 10. The number of pyridine rings is 2. The summed E-state index contributed by atoms with van der Waals surface area (Å²) < 4.78 is 0. The Kier molecular flexibility index (Phi) is 7.26. The highest BCUT2D eigenvalue weighted by molar-refractivity contribution is 6.21. The zero-order valence-corrected chi connectivity index (χ0v) is 31.5. The number of aromatic nitrogens is 2. The van der Waals surface area contributed by atoms with Gasteiger partial charge in [-0.25, -0.2) is 4.98 Å². The molecule has 10 aromatic carbocycles. The Morgan fingerprint density at radius 1 is 0.259 bits per heavy atom. The Labute approximate surface area is 335 Å². The average molecular weight is 735 g/mol. The van der Waals surface area contributed by atoms with Crippen LogP contribution in [0.3, 0.4) is 0 Å². The van der Waals surface area contributed by atoms with Crippen LogP contribution in [0.2, 0.25) is 0 Å². The van der Waals surface area contributed by atoms with Crippen molar-refractivity contribution >= 4 is 75.7 Å². The van der Waals surface area contributed by atoms with Crippen molar-refractivity contribution in [3.05, 3.63) is 206 Å². The van der Waals surface area contributed by atoms with Crippen molar-refractivity contribution in [1.29, 1.82) is 0 Å². The highest BCUT2D eigenvalue weighted by Gasteiger charge is 2.20. The van der Waals surface area contributed by atoms with Gasteiger partial charge in [-0.15, -0.1) is 0 Å². The summed E-state index contributed by atoms with van der Waals surface area (Å²) in [6, 6.07) is 72.8. The number of para-hydroxylation sites is 1. The third-order valence-electron chi connectivity index (χ3n) is 12.1. The Morgan fingerprint density at radius 2 is 0.741 bits per heavy atom. The van der Waals surface area contributed by atoms with Gasteiger partial charge in [0.2, 0.25) is 0 Å². The summed E-state index contributed by atoms with van der Waals surface area (Å²) >= 11 is 0. The molecule has 0 bridgehead atoms. The summed E-state index contributed by atoms with van der Waals surface area (Å²) in [5.41, 5.74) is 11.1. The van der Waals surface area contributed by atoms with Crippen LogP contribution >= 0.6 is 0 Å². The second-order valence-corrected chi connectivity index (χ2v) is 15.3. The van der Waals surface area contributed by atoms with Crippen LogP contribution in [0.4, 0.5) is 0 Å². The van der Waals surface area contributed by atoms with Crippen LogP contribution in [0, 0.1) is 0 Å². The van der Waals surface area contributed by atoms with Gasteiger partial charge in [0.1, 0.15) is 0 Å². The standard InChI is InChI=1S/C56H34N2/c1-3-17-40-38(13-1)31-50(45-21-7-5-19-43(40)45)51-34-54(52-32-39-14-2-4-18-41(39)44-20-6-8-22-46(44)52)58-56-48-24-10-9-23-47(48)49(33-53(51)56)36-28-26-35(27-29-36)42-25-11-15-37-16-12-30-57-55(37)42/h1-34H. The minimum absolute atomic E-state index is 0.965. The van der Waals surface area contributed by atoms with E-state index in [9.17, 15) is 0 Å². The minimum Gasteiger partial charge on any atom is -0.256 e. The maximum absolute atomic E-state index is 5.67. The lowest BCUT2D eigenvalue weighted by Crippen LogP contribution is -1.95. The van der Waals surface area contributed by atoms with Gasteiger partial charge in [0.05, 0.1) is 16.7 Å². The molecule has 0 aliphatic rings. The molecule has 268 valence electrons. The van der Waals surface area contributed by atoms with E-state index in [1.54, 1.807) is 0 Å². The van der Waals surface area contributed by atoms with E-state index in [0.717, 1.165) is 55.1 Å². The summed E-state index contributed by atoms with van der Waals surface area (Å²) in [4.78, 5) is 10.4. The average Bonchev–Trinajstić information content (AvgIpc) is 3.30. The van der Waals surface area contributed by atoms with Crippen LogP contribution in [-0.2, 0) is 0 Å². The van der Waals surface area contributed by atoms with E-state index < -0.39 is 0 Å². The molecule has 12 aromatic rings. The van der Waals surface area contributed by atoms with Crippen molar-refractivity contribution in [2.24, 2.45) is 0 Å². The van der Waals surface area contributed by atoms with E-state index in [0.29, 0.717) is 0 Å². The van der Waals surface area contributed by atoms with Gasteiger partial charge in [-0.2, -0.15) is 0 Å². The van der Waals surface area contributed by atoms with E-state index >= 15 is 0 Å². The minimum atomic E-state index is 0.965. The molecule has 2 heterocycles. The zero-order chi connectivity index (χ0) is 38.2. The monoisotopic (exact) mass is 734 g/mol. The number of rotatable bonds is 4. The molecular formula is C56H34N2. The highest BCUT2D eigenvalue weighted by Crippen LogP contribution is 2.45. The van der Waals surface area contributed by atoms with Crippen molar-refractivity contribution < 1.29 is 0 Å². The van der Waals surface area contributed by atoms with E-state index in [1.807, 2.05) is 12.3 Å². The van der Waals surface area contributed by atoms with Gasteiger partial charge < -0.3 is 0 Å². The Balaban J connectivity index is 1.17. The lowest BCUT2D eigenvalue weighted by atomic mass is 9.87. The molecule has 0 unspecified atom stereocenters. The molecule has 0 spiro atoms. The Hall–Kier alpha value is -7.68. The smallest absolute Gasteiger partial charge is 0.0794 e. The molecule has 0 saturated carbocycles. The Bertz CT molecular complexity index is 3610. The Morgan fingerprint density at radius 3 is 1.41 bits per heavy atom. The zero-order valence-electron chi connectivity index (χ0n) is 31.5. The maximum Gasteiger partial charge on any atom is 0.0794 e. The highest BCUT2D eigenvalue weighted by atomic mass is 14.7. The van der Waals surface area contributed by atoms with Crippen LogP contribution in [0.5, 0.6) is 0 Å². The number of nitrogens with zero attached hydrogens (tertiary/aromatic N) is 2. The van der Waals surface area contributed by atoms with E-state index in [4.69, 9.17) is 9.97 Å². The lowest BCUT2D eigenvalue weighted by molar-refractivity contribution is 1.41. The maximum atomic E-state index is 5.67. The summed E-state index contributed by atoms with van der Waals surface area (Å²) in [6.45, 7) is 0. The van der Waals surface area contributed by atoms with Crippen LogP contribution in [-0.4, -0.2) is 9.97 Å². The summed E-state index contributed by atoms with van der Waals surface area (Å²) in [7, 11) is 0. The lowest BCUT2D eigenvalue weighted by Gasteiger charge is -2.19. The van der Waals surface area contributed by atoms with Crippen molar-refractivity contribution in [2.45, 2.75) is 0 Å². The van der Waals surface area contributed by atoms with E-state index in [1.165, 1.54) is 65.2 Å². The first-order chi connectivity index (χ1) is 28.8. The van der Waals surface area contributed by atoms with Crippen LogP contribution in [0.15, 0.2) is 206 Å². The van der Waals surface area contributed by atoms with Gasteiger partial charge in [-0.05, 0) is 107 Å². The molecule has 58 heavy (non-hydrogen) atoms. The molecule has 12 rings (SSSR count). The summed E-state index contributed by atoms with van der Waals surface area (Å²) in [6.07, 6.45) is 1.87. The number of fused-ring (bicyclic) bond motifs is 10.